The molecule has 8 heteroatoms. The van der Waals surface area contributed by atoms with Crippen LogP contribution >= 0.6 is 0 Å². The highest BCUT2D eigenvalue weighted by atomic mass is 16.1. The van der Waals surface area contributed by atoms with Crippen molar-refractivity contribution in [3.8, 4) is 0 Å². The number of hydrogen-bond donors (Lipinski definition) is 5. The van der Waals surface area contributed by atoms with Crippen LogP contribution in [0.15, 0.2) is 40.3 Å². The number of nitrogens with zero attached hydrogens (tertiary/aromatic N) is 2. The molecule has 0 saturated heterocycles. The fraction of sp³-hybridized carbons (Fsp3) is 0.400. The molecule has 0 bridgehead atoms. The van der Waals surface area contributed by atoms with Crippen molar-refractivity contribution < 1.29 is 4.79 Å². The number of para-hydroxylation sites is 1. The molecule has 0 aliphatic heterocycles. The lowest BCUT2D eigenvalue weighted by Gasteiger charge is -2.02. The van der Waals surface area contributed by atoms with Crippen molar-refractivity contribution in [3.05, 3.63) is 30.3 Å². The molecule has 0 aliphatic rings. The van der Waals surface area contributed by atoms with Gasteiger partial charge in [-0.25, -0.2) is 4.79 Å². The summed E-state index contributed by atoms with van der Waals surface area (Å²) in [5, 5.41) is 9.66. The third-order valence-electron chi connectivity index (χ3n) is 2.63. The van der Waals surface area contributed by atoms with Gasteiger partial charge in [0, 0.05) is 13.1 Å². The molecule has 0 radical (unpaired) electrons. The second-order valence-electron chi connectivity index (χ2n) is 4.60. The molecule has 0 spiro atoms. The first kappa shape index (κ1) is 20.1. The molecule has 0 unspecified atom stereocenters. The molecule has 0 heterocycles. The molecule has 1 aromatic carbocycles. The average molecular weight is 319 g/mol. The number of isocyanates is 1. The summed E-state index contributed by atoms with van der Waals surface area (Å²) >= 11 is 0. The van der Waals surface area contributed by atoms with Crippen molar-refractivity contribution in [2.24, 2.45) is 27.2 Å². The van der Waals surface area contributed by atoms with Crippen molar-refractivity contribution in [3.63, 3.8) is 0 Å². The van der Waals surface area contributed by atoms with Crippen LogP contribution in [0.1, 0.15) is 25.7 Å². The van der Waals surface area contributed by atoms with Gasteiger partial charge < -0.3 is 22.5 Å². The number of guanidine groups is 2. The third kappa shape index (κ3) is 15.3. The number of rotatable bonds is 8. The van der Waals surface area contributed by atoms with E-state index in [2.05, 4.69) is 15.3 Å². The number of carbonyl (C=O) groups excluding carboxylic acids is 1. The number of unbranched alkanes of at least 4 members (excludes halogenated alkanes) is 3. The summed E-state index contributed by atoms with van der Waals surface area (Å²) < 4.78 is 0. The summed E-state index contributed by atoms with van der Waals surface area (Å²) in [5.41, 5.74) is 16.1. The summed E-state index contributed by atoms with van der Waals surface area (Å²) in [4.78, 5) is 17.0. The molecule has 0 fully saturated rings. The van der Waals surface area contributed by atoms with Crippen molar-refractivity contribution in [2.75, 3.05) is 13.1 Å². The third-order valence-corrected chi connectivity index (χ3v) is 2.63. The molecular formula is C15H25N7O. The van der Waals surface area contributed by atoms with Gasteiger partial charge in [-0.15, -0.1) is 0 Å². The summed E-state index contributed by atoms with van der Waals surface area (Å²) in [7, 11) is 0. The van der Waals surface area contributed by atoms with Gasteiger partial charge in [0.15, 0.2) is 11.9 Å². The Morgan fingerprint density at radius 1 is 1.09 bits per heavy atom. The smallest absolute Gasteiger partial charge is 0.240 e. The van der Waals surface area contributed by atoms with Crippen molar-refractivity contribution in [1.82, 2.24) is 5.32 Å². The zero-order valence-corrected chi connectivity index (χ0v) is 13.2. The first-order valence-electron chi connectivity index (χ1n) is 7.32. The van der Waals surface area contributed by atoms with Crippen LogP contribution in [0, 0.1) is 5.41 Å². The van der Waals surface area contributed by atoms with Crippen LogP contribution in [-0.2, 0) is 4.79 Å². The van der Waals surface area contributed by atoms with Gasteiger partial charge in [-0.1, -0.05) is 31.0 Å². The number of nitrogens with one attached hydrogen (secondary N) is 2. The Morgan fingerprint density at radius 2 is 1.74 bits per heavy atom. The van der Waals surface area contributed by atoms with E-state index in [1.807, 2.05) is 18.2 Å². The minimum Gasteiger partial charge on any atom is -0.370 e. The van der Waals surface area contributed by atoms with E-state index in [1.54, 1.807) is 12.1 Å². The summed E-state index contributed by atoms with van der Waals surface area (Å²) in [6.07, 6.45) is 5.66. The second kappa shape index (κ2) is 14.1. The van der Waals surface area contributed by atoms with Gasteiger partial charge in [0.05, 0.1) is 5.69 Å². The predicted octanol–water partition coefficient (Wildman–Crippen LogP) is 0.957. The van der Waals surface area contributed by atoms with Crippen LogP contribution in [0.4, 0.5) is 5.69 Å². The molecule has 0 aromatic heterocycles. The zero-order chi connectivity index (χ0) is 17.3. The predicted molar refractivity (Wildman–Crippen MR) is 93.3 cm³/mol. The van der Waals surface area contributed by atoms with Gasteiger partial charge >= 0.3 is 0 Å². The lowest BCUT2D eigenvalue weighted by molar-refractivity contribution is 0.565. The lowest BCUT2D eigenvalue weighted by atomic mass is 10.2. The van der Waals surface area contributed by atoms with Gasteiger partial charge in [-0.05, 0) is 25.0 Å². The molecule has 126 valence electrons. The van der Waals surface area contributed by atoms with E-state index in [4.69, 9.17) is 22.6 Å². The molecule has 0 amide bonds. The van der Waals surface area contributed by atoms with Crippen molar-refractivity contribution >= 4 is 23.7 Å². The van der Waals surface area contributed by atoms with Crippen LogP contribution in [0.3, 0.4) is 0 Å². The monoisotopic (exact) mass is 319 g/mol. The first-order chi connectivity index (χ1) is 11.1. The van der Waals surface area contributed by atoms with Gasteiger partial charge in [0.25, 0.3) is 0 Å². The van der Waals surface area contributed by atoms with E-state index < -0.39 is 0 Å². The topological polar surface area (TPSA) is 156 Å². The zero-order valence-electron chi connectivity index (χ0n) is 13.2. The molecule has 8 N–H and O–H groups in total. The molecule has 1 aromatic rings. The van der Waals surface area contributed by atoms with Gasteiger partial charge in [0.2, 0.25) is 6.08 Å². The normalized spacial score (nSPS) is 8.87. The molecule has 1 rings (SSSR count). The molecule has 0 atom stereocenters. The van der Waals surface area contributed by atoms with E-state index in [1.165, 1.54) is 6.08 Å². The highest BCUT2D eigenvalue weighted by Gasteiger charge is 1.90. The Morgan fingerprint density at radius 3 is 2.30 bits per heavy atom. The van der Waals surface area contributed by atoms with Crippen molar-refractivity contribution in [1.29, 1.82) is 5.41 Å². The van der Waals surface area contributed by atoms with E-state index in [-0.39, 0.29) is 11.9 Å². The van der Waals surface area contributed by atoms with Crippen LogP contribution < -0.4 is 22.5 Å². The van der Waals surface area contributed by atoms with Crippen LogP contribution in [0.2, 0.25) is 0 Å². The Kier molecular flexibility index (Phi) is 12.3. The van der Waals surface area contributed by atoms with Crippen LogP contribution in [0.25, 0.3) is 0 Å². The Bertz CT molecular complexity index is 506. The van der Waals surface area contributed by atoms with E-state index in [0.717, 1.165) is 32.2 Å². The SMILES string of the molecule is N=C(N)NCCCCCCN=C(N)N.O=C=Nc1ccccc1. The van der Waals surface area contributed by atoms with E-state index in [9.17, 15) is 4.79 Å². The molecule has 0 aliphatic carbocycles. The molecule has 23 heavy (non-hydrogen) atoms. The molecular weight excluding hydrogens is 294 g/mol. The summed E-state index contributed by atoms with van der Waals surface area (Å²) in [6.45, 7) is 1.46. The average Bonchev–Trinajstić information content (AvgIpc) is 2.51. The van der Waals surface area contributed by atoms with Crippen LogP contribution in [0.5, 0.6) is 0 Å². The Labute approximate surface area is 136 Å². The van der Waals surface area contributed by atoms with E-state index in [0.29, 0.717) is 12.2 Å². The standard InChI is InChI=1S/C8H20N6.C7H5NO/c9-7(10)13-5-3-1-2-4-6-14-8(11)12;9-6-8-7-4-2-1-3-5-7/h1-6H2,(H4,9,10,13)(H4,11,12,14);1-5H. The maximum Gasteiger partial charge on any atom is 0.240 e. The second-order valence-corrected chi connectivity index (χ2v) is 4.60. The highest BCUT2D eigenvalue weighted by Crippen LogP contribution is 2.07. The van der Waals surface area contributed by atoms with E-state index >= 15 is 0 Å². The quantitative estimate of drug-likeness (QED) is 0.209. The largest absolute Gasteiger partial charge is 0.370 e. The fourth-order valence-corrected chi connectivity index (χ4v) is 1.58. The molecule has 8 nitrogen and oxygen atoms in total. The van der Waals surface area contributed by atoms with Gasteiger partial charge in [-0.3, -0.25) is 10.4 Å². The summed E-state index contributed by atoms with van der Waals surface area (Å²) in [5.74, 6) is 0.189. The Hall–Kier alpha value is -2.86. The number of benzene rings is 1. The minimum atomic E-state index is 0.0329. The maximum atomic E-state index is 9.68. The first-order valence-corrected chi connectivity index (χ1v) is 7.32. The summed E-state index contributed by atoms with van der Waals surface area (Å²) in [6, 6.07) is 8.98. The highest BCUT2D eigenvalue weighted by molar-refractivity contribution is 5.75. The fourth-order valence-electron chi connectivity index (χ4n) is 1.58. The molecule has 0 saturated carbocycles. The number of hydrogen-bond acceptors (Lipinski definition) is 4. The Balaban J connectivity index is 0.000000459. The lowest BCUT2D eigenvalue weighted by Crippen LogP contribution is -2.30. The minimum absolute atomic E-state index is 0.0329. The maximum absolute atomic E-state index is 9.68. The van der Waals surface area contributed by atoms with Gasteiger partial charge in [0.1, 0.15) is 0 Å². The van der Waals surface area contributed by atoms with Crippen molar-refractivity contribution in [2.45, 2.75) is 25.7 Å². The van der Waals surface area contributed by atoms with Crippen LogP contribution in [-0.4, -0.2) is 31.1 Å². The number of nitrogens with two attached hydrogens (primary N) is 3. The number of aliphatic imine (C=N–C) groups is 2. The van der Waals surface area contributed by atoms with Gasteiger partial charge in [-0.2, -0.15) is 4.99 Å².